The van der Waals surface area contributed by atoms with E-state index in [1.807, 2.05) is 0 Å². The van der Waals surface area contributed by atoms with Crippen LogP contribution < -0.4 is 14.8 Å². The van der Waals surface area contributed by atoms with Crippen LogP contribution in [0.5, 0.6) is 11.5 Å². The predicted molar refractivity (Wildman–Crippen MR) is 107 cm³/mol. The molecule has 0 saturated heterocycles. The lowest BCUT2D eigenvalue weighted by molar-refractivity contribution is -0.274. The number of para-hydroxylation sites is 1. The Bertz CT molecular complexity index is 889. The summed E-state index contributed by atoms with van der Waals surface area (Å²) in [6, 6.07) is 9.97. The van der Waals surface area contributed by atoms with E-state index < -0.39 is 37.7 Å². The van der Waals surface area contributed by atoms with Crippen molar-refractivity contribution in [1.29, 1.82) is 0 Å². The van der Waals surface area contributed by atoms with Crippen molar-refractivity contribution in [2.75, 3.05) is 13.7 Å². The highest BCUT2D eigenvalue weighted by molar-refractivity contribution is 5.35. The molecular weight excluding hydrogens is 478 g/mol. The van der Waals surface area contributed by atoms with Gasteiger partial charge < -0.3 is 14.2 Å². The van der Waals surface area contributed by atoms with E-state index in [0.29, 0.717) is 29.7 Å². The number of alkyl halides is 8. The Hall–Kier alpha value is -2.60. The first kappa shape index (κ1) is 27.6. The summed E-state index contributed by atoms with van der Waals surface area (Å²) < 4.78 is 115. The van der Waals surface area contributed by atoms with Gasteiger partial charge in [0.05, 0.1) is 12.1 Å². The zero-order valence-electron chi connectivity index (χ0n) is 17.9. The van der Waals surface area contributed by atoms with Gasteiger partial charge in [0, 0.05) is 7.11 Å². The summed E-state index contributed by atoms with van der Waals surface area (Å²) in [6.07, 6.45) is -14.1. The van der Waals surface area contributed by atoms with Gasteiger partial charge in [0.15, 0.2) is 0 Å². The van der Waals surface area contributed by atoms with Gasteiger partial charge in [-0.15, -0.1) is 13.2 Å². The second-order valence-electron chi connectivity index (χ2n) is 7.29. The van der Waals surface area contributed by atoms with Crippen LogP contribution in [0.3, 0.4) is 0 Å². The molecule has 0 aliphatic heterocycles. The molecule has 0 aliphatic rings. The molecule has 0 fully saturated rings. The van der Waals surface area contributed by atoms with Crippen LogP contribution in [0, 0.1) is 0 Å². The molecule has 2 aromatic carbocycles. The summed E-state index contributed by atoms with van der Waals surface area (Å²) in [5.74, 6) is 0.00291. The minimum atomic E-state index is -4.98. The molecule has 0 heterocycles. The molecule has 0 saturated carbocycles. The lowest BCUT2D eigenvalue weighted by atomic mass is 10.0. The Morgan fingerprint density at radius 3 is 2.24 bits per heavy atom. The molecule has 2 aromatic rings. The zero-order valence-corrected chi connectivity index (χ0v) is 17.9. The third kappa shape index (κ3) is 10.1. The number of ether oxygens (including phenoxy) is 3. The number of halogens is 8. The molecule has 12 heteroatoms. The highest BCUT2D eigenvalue weighted by Crippen LogP contribution is 2.26. The highest BCUT2D eigenvalue weighted by atomic mass is 19.4. The number of benzene rings is 2. The van der Waals surface area contributed by atoms with Gasteiger partial charge in [0.2, 0.25) is 0 Å². The van der Waals surface area contributed by atoms with Gasteiger partial charge in [-0.2, -0.15) is 13.2 Å². The Labute approximate surface area is 190 Å². The van der Waals surface area contributed by atoms with Gasteiger partial charge in [0.1, 0.15) is 18.1 Å². The van der Waals surface area contributed by atoms with Crippen molar-refractivity contribution in [2.45, 2.75) is 50.5 Å². The number of rotatable bonds is 12. The van der Waals surface area contributed by atoms with Crippen LogP contribution >= 0.6 is 0 Å². The molecule has 190 valence electrons. The molecule has 0 aliphatic carbocycles. The minimum absolute atomic E-state index is 0.287. The highest BCUT2D eigenvalue weighted by Gasteiger charge is 2.36. The number of hydrogen-bond donors (Lipinski definition) is 1. The van der Waals surface area contributed by atoms with Crippen molar-refractivity contribution in [2.24, 2.45) is 0 Å². The van der Waals surface area contributed by atoms with Crippen LogP contribution in [0.25, 0.3) is 0 Å². The Kier molecular flexibility index (Phi) is 9.92. The van der Waals surface area contributed by atoms with Gasteiger partial charge in [-0.05, 0) is 48.6 Å². The van der Waals surface area contributed by atoms with Crippen molar-refractivity contribution in [3.63, 3.8) is 0 Å². The molecule has 0 aromatic heterocycles. The topological polar surface area (TPSA) is 39.7 Å². The molecule has 2 rings (SSSR count). The van der Waals surface area contributed by atoms with Gasteiger partial charge in [0.25, 0.3) is 6.43 Å². The average molecular weight is 501 g/mol. The third-order valence-electron chi connectivity index (χ3n) is 4.72. The van der Waals surface area contributed by atoms with Crippen LogP contribution in [0.1, 0.15) is 17.5 Å². The van der Waals surface area contributed by atoms with Crippen LogP contribution in [0.2, 0.25) is 0 Å². The molecule has 0 bridgehead atoms. The van der Waals surface area contributed by atoms with Gasteiger partial charge in [-0.25, -0.2) is 14.1 Å². The molecule has 4 nitrogen and oxygen atoms in total. The van der Waals surface area contributed by atoms with E-state index >= 15 is 0 Å². The van der Waals surface area contributed by atoms with Crippen LogP contribution in [-0.4, -0.2) is 45.0 Å². The van der Waals surface area contributed by atoms with Gasteiger partial charge in [-0.1, -0.05) is 30.3 Å². The quantitative estimate of drug-likeness (QED) is 0.291. The molecule has 0 radical (unpaired) electrons. The van der Waals surface area contributed by atoms with Crippen molar-refractivity contribution in [3.05, 3.63) is 59.7 Å². The SMILES string of the molecule is COC(COc1ccccc1CCc1cccc(OC(F)(F)F)c1)CC(NC(F)(F)F)C(F)F. The number of nitrogens with one attached hydrogen (secondary N) is 1. The lowest BCUT2D eigenvalue weighted by Gasteiger charge is -2.24. The standard InChI is InChI=1S/C22H23F8NO3/c1-32-17(12-18(20(23)24)31-21(25,26)27)13-33-19-8-3-2-6-15(19)10-9-14-5-4-7-16(11-14)34-22(28,29)30/h2-8,11,17-18,20,31H,9-10,12-13H2,1H3. The summed E-state index contributed by atoms with van der Waals surface area (Å²) in [7, 11) is 1.17. The Balaban J connectivity index is 2.00. The van der Waals surface area contributed by atoms with Crippen LogP contribution in [0.15, 0.2) is 48.5 Å². The summed E-state index contributed by atoms with van der Waals surface area (Å²) in [4.78, 5) is 0. The normalized spacial score (nSPS) is 14.2. The molecule has 34 heavy (non-hydrogen) atoms. The van der Waals surface area contributed by atoms with Gasteiger partial charge >= 0.3 is 12.7 Å². The van der Waals surface area contributed by atoms with Crippen molar-refractivity contribution in [1.82, 2.24) is 5.32 Å². The average Bonchev–Trinajstić information content (AvgIpc) is 2.73. The maximum atomic E-state index is 13.0. The second-order valence-corrected chi connectivity index (χ2v) is 7.29. The minimum Gasteiger partial charge on any atom is -0.491 e. The van der Waals surface area contributed by atoms with Crippen LogP contribution in [-0.2, 0) is 17.6 Å². The zero-order chi connectivity index (χ0) is 25.4. The van der Waals surface area contributed by atoms with Crippen molar-refractivity contribution >= 4 is 0 Å². The van der Waals surface area contributed by atoms with Crippen LogP contribution in [0.4, 0.5) is 35.1 Å². The number of aryl methyl sites for hydroxylation is 2. The second kappa shape index (κ2) is 12.2. The largest absolute Gasteiger partial charge is 0.573 e. The fourth-order valence-electron chi connectivity index (χ4n) is 3.16. The fourth-order valence-corrected chi connectivity index (χ4v) is 3.16. The fraction of sp³-hybridized carbons (Fsp3) is 0.455. The molecule has 1 N–H and O–H groups in total. The summed E-state index contributed by atoms with van der Waals surface area (Å²) in [5, 5.41) is 0.921. The first-order valence-electron chi connectivity index (χ1n) is 10.1. The summed E-state index contributed by atoms with van der Waals surface area (Å²) in [5.41, 5.74) is 1.24. The number of hydrogen-bond acceptors (Lipinski definition) is 4. The number of methoxy groups -OCH3 is 1. The maximum absolute atomic E-state index is 13.0. The predicted octanol–water partition coefficient (Wildman–Crippen LogP) is 5.90. The van der Waals surface area contributed by atoms with E-state index in [0.717, 1.165) is 5.32 Å². The third-order valence-corrected chi connectivity index (χ3v) is 4.72. The Morgan fingerprint density at radius 1 is 0.912 bits per heavy atom. The monoisotopic (exact) mass is 501 g/mol. The smallest absolute Gasteiger partial charge is 0.491 e. The van der Waals surface area contributed by atoms with E-state index in [4.69, 9.17) is 9.47 Å². The first-order valence-corrected chi connectivity index (χ1v) is 10.1. The molecule has 2 atom stereocenters. The molecule has 2 unspecified atom stereocenters. The summed E-state index contributed by atoms with van der Waals surface area (Å²) in [6.45, 7) is -0.287. The molecule has 0 spiro atoms. The van der Waals surface area contributed by atoms with E-state index in [1.165, 1.54) is 25.3 Å². The first-order chi connectivity index (χ1) is 15.9. The van der Waals surface area contributed by atoms with Crippen molar-refractivity contribution < 1.29 is 49.3 Å². The van der Waals surface area contributed by atoms with E-state index in [-0.39, 0.29) is 12.4 Å². The Morgan fingerprint density at radius 2 is 1.62 bits per heavy atom. The van der Waals surface area contributed by atoms with Gasteiger partial charge in [-0.3, -0.25) is 0 Å². The van der Waals surface area contributed by atoms with Crippen molar-refractivity contribution in [3.8, 4) is 11.5 Å². The van der Waals surface area contributed by atoms with E-state index in [9.17, 15) is 35.1 Å². The lowest BCUT2D eigenvalue weighted by Crippen LogP contribution is -2.47. The summed E-state index contributed by atoms with van der Waals surface area (Å²) >= 11 is 0. The molecule has 0 amide bonds. The van der Waals surface area contributed by atoms with E-state index in [2.05, 4.69) is 4.74 Å². The molecular formula is C22H23F8NO3. The maximum Gasteiger partial charge on any atom is 0.573 e. The van der Waals surface area contributed by atoms with E-state index in [1.54, 1.807) is 30.3 Å².